The van der Waals surface area contributed by atoms with Gasteiger partial charge in [0.2, 0.25) is 5.91 Å². The predicted octanol–water partition coefficient (Wildman–Crippen LogP) is 2.94. The molecule has 1 heterocycles. The maximum absolute atomic E-state index is 12.3. The molecule has 0 fully saturated rings. The number of amides is 2. The van der Waals surface area contributed by atoms with Crippen LogP contribution in [0.2, 0.25) is 0 Å². The molecule has 136 valence electrons. The molecule has 2 amide bonds. The van der Waals surface area contributed by atoms with Gasteiger partial charge in [0.1, 0.15) is 18.1 Å². The van der Waals surface area contributed by atoms with Crippen LogP contribution in [0.5, 0.6) is 11.5 Å². The molecule has 1 aliphatic heterocycles. The number of fused-ring (bicyclic) bond motifs is 1. The minimum atomic E-state index is -0.205. The lowest BCUT2D eigenvalue weighted by molar-refractivity contribution is -0.115. The minimum absolute atomic E-state index is 0.0482. The fourth-order valence-corrected chi connectivity index (χ4v) is 3.39. The largest absolute Gasteiger partial charge is 0.497 e. The van der Waals surface area contributed by atoms with Crippen molar-refractivity contribution in [2.75, 3.05) is 25.6 Å². The zero-order valence-electron chi connectivity index (χ0n) is 14.6. The van der Waals surface area contributed by atoms with Crippen molar-refractivity contribution in [3.63, 3.8) is 0 Å². The van der Waals surface area contributed by atoms with E-state index in [9.17, 15) is 9.59 Å². The van der Waals surface area contributed by atoms with E-state index in [0.29, 0.717) is 30.2 Å². The summed E-state index contributed by atoms with van der Waals surface area (Å²) in [6.45, 7) is 2.58. The molecule has 2 N–H and O–H groups in total. The Morgan fingerprint density at radius 2 is 1.92 bits per heavy atom. The van der Waals surface area contributed by atoms with Gasteiger partial charge in [-0.3, -0.25) is 9.59 Å². The lowest BCUT2D eigenvalue weighted by Gasteiger charge is -2.21. The molecule has 0 saturated heterocycles. The van der Waals surface area contributed by atoms with Crippen LogP contribution >= 0.6 is 11.8 Å². The predicted molar refractivity (Wildman–Crippen MR) is 101 cm³/mol. The molecular weight excluding hydrogens is 352 g/mol. The Kier molecular flexibility index (Phi) is 5.68. The van der Waals surface area contributed by atoms with E-state index in [4.69, 9.17) is 9.47 Å². The highest BCUT2D eigenvalue weighted by molar-refractivity contribution is 8.00. The third-order valence-corrected chi connectivity index (χ3v) is 5.07. The first-order valence-corrected chi connectivity index (χ1v) is 9.11. The van der Waals surface area contributed by atoms with E-state index >= 15 is 0 Å². The fourth-order valence-electron chi connectivity index (χ4n) is 2.46. The summed E-state index contributed by atoms with van der Waals surface area (Å²) in [5.41, 5.74) is 1.18. The molecular formula is C19H20N2O4S. The van der Waals surface area contributed by atoms with Gasteiger partial charge in [-0.15, -0.1) is 11.8 Å². The molecule has 3 rings (SSSR count). The summed E-state index contributed by atoms with van der Waals surface area (Å²) in [6, 6.07) is 12.6. The number of nitrogens with one attached hydrogen (secondary N) is 2. The molecule has 7 heteroatoms. The number of carbonyl (C=O) groups excluding carboxylic acids is 2. The van der Waals surface area contributed by atoms with Gasteiger partial charge >= 0.3 is 0 Å². The van der Waals surface area contributed by atoms with Crippen molar-refractivity contribution in [1.82, 2.24) is 5.32 Å². The zero-order valence-corrected chi connectivity index (χ0v) is 15.4. The lowest BCUT2D eigenvalue weighted by Crippen LogP contribution is -2.29. The first-order valence-electron chi connectivity index (χ1n) is 8.23. The van der Waals surface area contributed by atoms with Crippen molar-refractivity contribution < 1.29 is 19.1 Å². The molecule has 0 aromatic heterocycles. The summed E-state index contributed by atoms with van der Waals surface area (Å²) in [6.07, 6.45) is 0. The van der Waals surface area contributed by atoms with E-state index in [2.05, 4.69) is 10.6 Å². The highest BCUT2D eigenvalue weighted by atomic mass is 32.2. The quantitative estimate of drug-likeness (QED) is 0.763. The van der Waals surface area contributed by atoms with Gasteiger partial charge in [0.15, 0.2) is 0 Å². The summed E-state index contributed by atoms with van der Waals surface area (Å²) in [7, 11) is 1.61. The second-order valence-corrected chi connectivity index (χ2v) is 7.12. The van der Waals surface area contributed by atoms with Crippen LogP contribution in [0.4, 0.5) is 5.69 Å². The Morgan fingerprint density at radius 1 is 1.19 bits per heavy atom. The van der Waals surface area contributed by atoms with Crippen molar-refractivity contribution in [1.29, 1.82) is 0 Å². The van der Waals surface area contributed by atoms with Crippen molar-refractivity contribution in [3.05, 3.63) is 48.0 Å². The molecule has 26 heavy (non-hydrogen) atoms. The van der Waals surface area contributed by atoms with Crippen LogP contribution in [-0.2, 0) is 4.79 Å². The van der Waals surface area contributed by atoms with Crippen molar-refractivity contribution in [2.45, 2.75) is 17.1 Å². The maximum atomic E-state index is 12.3. The molecule has 6 nitrogen and oxygen atoms in total. The van der Waals surface area contributed by atoms with Crippen LogP contribution in [-0.4, -0.2) is 37.3 Å². The van der Waals surface area contributed by atoms with Gasteiger partial charge in [0, 0.05) is 10.5 Å². The van der Waals surface area contributed by atoms with E-state index in [0.717, 1.165) is 10.6 Å². The molecule has 1 atom stereocenters. The first kappa shape index (κ1) is 18.1. The van der Waals surface area contributed by atoms with Gasteiger partial charge in [-0.05, 0) is 49.4 Å². The van der Waals surface area contributed by atoms with E-state index in [1.165, 1.54) is 11.8 Å². The number of hydrogen-bond donors (Lipinski definition) is 2. The molecule has 0 saturated carbocycles. The van der Waals surface area contributed by atoms with E-state index < -0.39 is 0 Å². The Morgan fingerprint density at radius 3 is 2.65 bits per heavy atom. The highest BCUT2D eigenvalue weighted by Gasteiger charge is 2.23. The van der Waals surface area contributed by atoms with Gasteiger partial charge in [-0.25, -0.2) is 0 Å². The van der Waals surface area contributed by atoms with E-state index in [1.54, 1.807) is 19.2 Å². The van der Waals surface area contributed by atoms with Crippen molar-refractivity contribution in [3.8, 4) is 11.5 Å². The smallest absolute Gasteiger partial charge is 0.251 e. The molecule has 0 aliphatic carbocycles. The summed E-state index contributed by atoms with van der Waals surface area (Å²) >= 11 is 1.49. The molecule has 0 spiro atoms. The number of benzene rings is 2. The van der Waals surface area contributed by atoms with Crippen LogP contribution in [0, 0.1) is 0 Å². The number of thioether (sulfide) groups is 1. The van der Waals surface area contributed by atoms with Crippen LogP contribution < -0.4 is 20.1 Å². The number of anilines is 1. The normalized spacial score (nSPS) is 15.6. The number of carbonyl (C=O) groups is 2. The van der Waals surface area contributed by atoms with Gasteiger partial charge in [-0.1, -0.05) is 0 Å². The van der Waals surface area contributed by atoms with E-state index in [-0.39, 0.29) is 17.1 Å². The average Bonchev–Trinajstić information content (AvgIpc) is 2.66. The number of rotatable bonds is 6. The van der Waals surface area contributed by atoms with Crippen molar-refractivity contribution >= 4 is 29.3 Å². The van der Waals surface area contributed by atoms with Crippen LogP contribution in [0.15, 0.2) is 47.4 Å². The lowest BCUT2D eigenvalue weighted by atomic mass is 10.1. The van der Waals surface area contributed by atoms with Crippen molar-refractivity contribution in [2.24, 2.45) is 0 Å². The Labute approximate surface area is 156 Å². The van der Waals surface area contributed by atoms with Gasteiger partial charge in [0.25, 0.3) is 5.91 Å². The Hall–Kier alpha value is -2.67. The van der Waals surface area contributed by atoms with Gasteiger partial charge in [0.05, 0.1) is 24.6 Å². The molecule has 1 unspecified atom stereocenters. The van der Waals surface area contributed by atoms with Gasteiger partial charge in [-0.2, -0.15) is 0 Å². The standard InChI is InChI=1S/C19H20N2O4S/c1-12-18(22)21-16-11-13(3-8-17(16)26-12)19(23)20-9-10-25-15-6-4-14(24-2)5-7-15/h3-8,11-12H,9-10H2,1-2H3,(H,20,23)(H,21,22). The summed E-state index contributed by atoms with van der Waals surface area (Å²) < 4.78 is 10.7. The molecule has 2 aromatic rings. The third-order valence-electron chi connectivity index (χ3n) is 3.89. The number of methoxy groups -OCH3 is 1. The first-order chi connectivity index (χ1) is 12.6. The Bertz CT molecular complexity index is 808. The van der Waals surface area contributed by atoms with Crippen LogP contribution in [0.1, 0.15) is 17.3 Å². The SMILES string of the molecule is COc1ccc(OCCNC(=O)c2ccc3c(c2)NC(=O)C(C)S3)cc1. The third kappa shape index (κ3) is 4.29. The second kappa shape index (κ2) is 8.14. The average molecular weight is 372 g/mol. The van der Waals surface area contributed by atoms with Crippen LogP contribution in [0.25, 0.3) is 0 Å². The Balaban J connectivity index is 1.50. The summed E-state index contributed by atoms with van der Waals surface area (Å²) in [5, 5.41) is 5.51. The topological polar surface area (TPSA) is 76.7 Å². The monoisotopic (exact) mass is 372 g/mol. The fraction of sp³-hybridized carbons (Fsp3) is 0.263. The summed E-state index contributed by atoms with van der Waals surface area (Å²) in [5.74, 6) is 1.22. The van der Waals surface area contributed by atoms with Crippen LogP contribution in [0.3, 0.4) is 0 Å². The molecule has 0 bridgehead atoms. The number of hydrogen-bond acceptors (Lipinski definition) is 5. The molecule has 0 radical (unpaired) electrons. The van der Waals surface area contributed by atoms with E-state index in [1.807, 2.05) is 37.3 Å². The molecule has 1 aliphatic rings. The minimum Gasteiger partial charge on any atom is -0.497 e. The van der Waals surface area contributed by atoms with Gasteiger partial charge < -0.3 is 20.1 Å². The highest BCUT2D eigenvalue weighted by Crippen LogP contribution is 2.35. The molecule has 2 aromatic carbocycles. The maximum Gasteiger partial charge on any atom is 0.251 e. The zero-order chi connectivity index (χ0) is 18.5. The summed E-state index contributed by atoms with van der Waals surface area (Å²) in [4.78, 5) is 25.0. The second-order valence-electron chi connectivity index (χ2n) is 5.74. The number of ether oxygens (including phenoxy) is 2.